The monoisotopic (exact) mass is 205 g/mol. The first-order chi connectivity index (χ1) is 7.27. The van der Waals surface area contributed by atoms with Crippen LogP contribution in [0.5, 0.6) is 0 Å². The first kappa shape index (κ1) is 10.7. The van der Waals surface area contributed by atoms with Gasteiger partial charge in [-0.25, -0.2) is 0 Å². The Kier molecular flexibility index (Phi) is 3.39. The maximum absolute atomic E-state index is 5.62. The second-order valence-electron chi connectivity index (χ2n) is 4.27. The number of hydrogen-bond donors (Lipinski definition) is 0. The summed E-state index contributed by atoms with van der Waals surface area (Å²) in [6.07, 6.45) is 0.350. The van der Waals surface area contributed by atoms with Gasteiger partial charge in [0, 0.05) is 19.1 Å². The first-order valence-corrected chi connectivity index (χ1v) is 5.67. The highest BCUT2D eigenvalue weighted by Crippen LogP contribution is 2.16. The normalized spacial score (nSPS) is 27.9. The molecule has 2 unspecified atom stereocenters. The van der Waals surface area contributed by atoms with Crippen molar-refractivity contribution in [3.05, 3.63) is 35.9 Å². The Morgan fingerprint density at radius 3 is 2.73 bits per heavy atom. The van der Waals surface area contributed by atoms with E-state index in [-0.39, 0.29) is 0 Å². The van der Waals surface area contributed by atoms with Gasteiger partial charge < -0.3 is 4.74 Å². The Bertz CT molecular complexity index is 299. The smallest absolute Gasteiger partial charge is 0.0700 e. The number of nitrogens with zero attached hydrogens (tertiary/aromatic N) is 1. The highest BCUT2D eigenvalue weighted by molar-refractivity contribution is 5.14. The van der Waals surface area contributed by atoms with Crippen LogP contribution in [0.4, 0.5) is 0 Å². The lowest BCUT2D eigenvalue weighted by molar-refractivity contribution is -0.0584. The van der Waals surface area contributed by atoms with Crippen LogP contribution in [0, 0.1) is 0 Å². The molecule has 1 aromatic carbocycles. The molecular weight excluding hydrogens is 186 g/mol. The molecular formula is C13H19NO. The Balaban J connectivity index is 1.99. The average molecular weight is 205 g/mol. The van der Waals surface area contributed by atoms with Crippen molar-refractivity contribution in [2.24, 2.45) is 0 Å². The van der Waals surface area contributed by atoms with E-state index in [2.05, 4.69) is 49.1 Å². The molecule has 1 aromatic rings. The van der Waals surface area contributed by atoms with Gasteiger partial charge in [-0.3, -0.25) is 4.90 Å². The molecule has 2 heteroatoms. The predicted molar refractivity (Wildman–Crippen MR) is 61.7 cm³/mol. The highest BCUT2D eigenvalue weighted by atomic mass is 16.5. The van der Waals surface area contributed by atoms with Crippen LogP contribution in [-0.4, -0.2) is 30.2 Å². The number of morpholine rings is 1. The summed E-state index contributed by atoms with van der Waals surface area (Å²) < 4.78 is 5.62. The minimum Gasteiger partial charge on any atom is -0.376 e. The van der Waals surface area contributed by atoms with Gasteiger partial charge in [-0.1, -0.05) is 30.3 Å². The van der Waals surface area contributed by atoms with E-state index >= 15 is 0 Å². The molecule has 82 valence electrons. The van der Waals surface area contributed by atoms with Crippen molar-refractivity contribution < 1.29 is 4.74 Å². The average Bonchev–Trinajstić information content (AvgIpc) is 2.26. The van der Waals surface area contributed by atoms with E-state index in [1.807, 2.05) is 0 Å². The maximum Gasteiger partial charge on any atom is 0.0700 e. The van der Waals surface area contributed by atoms with Crippen molar-refractivity contribution in [2.45, 2.75) is 32.5 Å². The van der Waals surface area contributed by atoms with Crippen molar-refractivity contribution in [1.29, 1.82) is 0 Å². The van der Waals surface area contributed by atoms with Gasteiger partial charge in [0.15, 0.2) is 0 Å². The van der Waals surface area contributed by atoms with E-state index < -0.39 is 0 Å². The van der Waals surface area contributed by atoms with E-state index in [9.17, 15) is 0 Å². The standard InChI is InChI=1S/C13H19NO/c1-11-12(2)15-9-8-14(11)10-13-6-4-3-5-7-13/h3-7,11-12H,8-10H2,1-2H3. The summed E-state index contributed by atoms with van der Waals surface area (Å²) in [5.74, 6) is 0. The lowest BCUT2D eigenvalue weighted by Crippen LogP contribution is -2.47. The minimum absolute atomic E-state index is 0.350. The molecule has 1 saturated heterocycles. The number of benzene rings is 1. The van der Waals surface area contributed by atoms with E-state index in [4.69, 9.17) is 4.74 Å². The van der Waals surface area contributed by atoms with Crippen LogP contribution in [0.25, 0.3) is 0 Å². The molecule has 1 aliphatic heterocycles. The van der Waals surface area contributed by atoms with Crippen molar-refractivity contribution >= 4 is 0 Å². The summed E-state index contributed by atoms with van der Waals surface area (Å²) in [6, 6.07) is 11.2. The zero-order valence-corrected chi connectivity index (χ0v) is 9.52. The molecule has 1 fully saturated rings. The highest BCUT2D eigenvalue weighted by Gasteiger charge is 2.24. The predicted octanol–water partition coefficient (Wildman–Crippen LogP) is 2.30. The van der Waals surface area contributed by atoms with Crippen LogP contribution < -0.4 is 0 Å². The number of ether oxygens (including phenoxy) is 1. The molecule has 2 atom stereocenters. The summed E-state index contributed by atoms with van der Waals surface area (Å²) in [5.41, 5.74) is 1.39. The van der Waals surface area contributed by atoms with Crippen LogP contribution in [0.1, 0.15) is 19.4 Å². The minimum atomic E-state index is 0.350. The van der Waals surface area contributed by atoms with Gasteiger partial charge in [0.1, 0.15) is 0 Å². The summed E-state index contributed by atoms with van der Waals surface area (Å²) in [5, 5.41) is 0. The van der Waals surface area contributed by atoms with Crippen LogP contribution in [0.2, 0.25) is 0 Å². The Labute approximate surface area is 91.9 Å². The summed E-state index contributed by atoms with van der Waals surface area (Å²) in [6.45, 7) is 7.34. The molecule has 2 nitrogen and oxygen atoms in total. The SMILES string of the molecule is CC1OCCN(Cc2ccccc2)C1C. The Morgan fingerprint density at radius 2 is 2.00 bits per heavy atom. The third kappa shape index (κ3) is 2.58. The van der Waals surface area contributed by atoms with Gasteiger partial charge in [-0.05, 0) is 19.4 Å². The molecule has 15 heavy (non-hydrogen) atoms. The van der Waals surface area contributed by atoms with Crippen molar-refractivity contribution in [3.63, 3.8) is 0 Å². The van der Waals surface area contributed by atoms with Crippen molar-refractivity contribution in [2.75, 3.05) is 13.2 Å². The lowest BCUT2D eigenvalue weighted by Gasteiger charge is -2.37. The second kappa shape index (κ2) is 4.77. The van der Waals surface area contributed by atoms with Crippen LogP contribution in [-0.2, 0) is 11.3 Å². The molecule has 0 saturated carbocycles. The molecule has 0 N–H and O–H groups in total. The Hall–Kier alpha value is -0.860. The third-order valence-corrected chi connectivity index (χ3v) is 3.24. The summed E-state index contributed by atoms with van der Waals surface area (Å²) in [7, 11) is 0. The zero-order chi connectivity index (χ0) is 10.7. The second-order valence-corrected chi connectivity index (χ2v) is 4.27. The summed E-state index contributed by atoms with van der Waals surface area (Å²) in [4.78, 5) is 2.49. The van der Waals surface area contributed by atoms with E-state index in [1.165, 1.54) is 5.56 Å². The summed E-state index contributed by atoms with van der Waals surface area (Å²) >= 11 is 0. The molecule has 1 heterocycles. The van der Waals surface area contributed by atoms with Crippen LogP contribution in [0.3, 0.4) is 0 Å². The van der Waals surface area contributed by atoms with Gasteiger partial charge in [-0.2, -0.15) is 0 Å². The third-order valence-electron chi connectivity index (χ3n) is 3.24. The van der Waals surface area contributed by atoms with Gasteiger partial charge in [0.25, 0.3) is 0 Å². The fourth-order valence-corrected chi connectivity index (χ4v) is 2.04. The van der Waals surface area contributed by atoms with Crippen LogP contribution in [0.15, 0.2) is 30.3 Å². The molecule has 0 aromatic heterocycles. The largest absolute Gasteiger partial charge is 0.376 e. The van der Waals surface area contributed by atoms with E-state index in [0.29, 0.717) is 12.1 Å². The quantitative estimate of drug-likeness (QED) is 0.734. The lowest BCUT2D eigenvalue weighted by atomic mass is 10.1. The van der Waals surface area contributed by atoms with Gasteiger partial charge in [0.2, 0.25) is 0 Å². The number of hydrogen-bond acceptors (Lipinski definition) is 2. The molecule has 0 aliphatic carbocycles. The number of rotatable bonds is 2. The molecule has 2 rings (SSSR count). The molecule has 0 bridgehead atoms. The van der Waals surface area contributed by atoms with Gasteiger partial charge in [0.05, 0.1) is 12.7 Å². The maximum atomic E-state index is 5.62. The van der Waals surface area contributed by atoms with Crippen molar-refractivity contribution in [1.82, 2.24) is 4.90 Å². The topological polar surface area (TPSA) is 12.5 Å². The Morgan fingerprint density at radius 1 is 1.27 bits per heavy atom. The fraction of sp³-hybridized carbons (Fsp3) is 0.538. The zero-order valence-electron chi connectivity index (χ0n) is 9.52. The first-order valence-electron chi connectivity index (χ1n) is 5.67. The molecule has 0 amide bonds. The molecule has 0 spiro atoms. The van der Waals surface area contributed by atoms with Gasteiger partial charge in [-0.15, -0.1) is 0 Å². The molecule has 1 aliphatic rings. The fourth-order valence-electron chi connectivity index (χ4n) is 2.04. The molecule has 0 radical (unpaired) electrons. The van der Waals surface area contributed by atoms with Gasteiger partial charge >= 0.3 is 0 Å². The van der Waals surface area contributed by atoms with Crippen molar-refractivity contribution in [3.8, 4) is 0 Å². The van der Waals surface area contributed by atoms with Crippen LogP contribution >= 0.6 is 0 Å². The van der Waals surface area contributed by atoms with E-state index in [1.54, 1.807) is 0 Å². The van der Waals surface area contributed by atoms with E-state index in [0.717, 1.165) is 19.7 Å².